The summed E-state index contributed by atoms with van der Waals surface area (Å²) in [5, 5.41) is 2.93. The van der Waals surface area contributed by atoms with E-state index in [1.165, 1.54) is 0 Å². The summed E-state index contributed by atoms with van der Waals surface area (Å²) in [7, 11) is 0. The smallest absolute Gasteiger partial charge is 0.254 e. The second-order valence-corrected chi connectivity index (χ2v) is 7.19. The van der Waals surface area contributed by atoms with Crippen molar-refractivity contribution in [2.45, 2.75) is 45.9 Å². The molecule has 0 aromatic carbocycles. The van der Waals surface area contributed by atoms with Crippen molar-refractivity contribution in [1.29, 1.82) is 0 Å². The van der Waals surface area contributed by atoms with E-state index in [-0.39, 0.29) is 16.1 Å². The molecule has 0 saturated carbocycles. The lowest BCUT2D eigenvalue weighted by molar-refractivity contribution is 0.0951. The van der Waals surface area contributed by atoms with Crippen molar-refractivity contribution in [2.75, 3.05) is 6.54 Å². The molecular weight excluding hydrogens is 294 g/mol. The van der Waals surface area contributed by atoms with E-state index in [1.54, 1.807) is 6.07 Å². The van der Waals surface area contributed by atoms with Crippen molar-refractivity contribution in [3.8, 4) is 0 Å². The predicted molar refractivity (Wildman–Crippen MR) is 77.3 cm³/mol. The first-order valence-electron chi connectivity index (χ1n) is 6.18. The molecule has 0 bridgehead atoms. The number of nitrogens with one attached hydrogen (secondary N) is 1. The molecule has 102 valence electrons. The van der Waals surface area contributed by atoms with Crippen molar-refractivity contribution in [3.05, 3.63) is 23.2 Å². The summed E-state index contributed by atoms with van der Waals surface area (Å²) in [6.07, 6.45) is 1.01. The van der Waals surface area contributed by atoms with Crippen molar-refractivity contribution >= 4 is 21.8 Å². The normalized spacial score (nSPS) is 13.4. The van der Waals surface area contributed by atoms with E-state index in [9.17, 15) is 4.79 Å². The number of halogens is 1. The van der Waals surface area contributed by atoms with E-state index in [4.69, 9.17) is 4.42 Å². The summed E-state index contributed by atoms with van der Waals surface area (Å²) in [5.41, 5.74) is 0.879. The summed E-state index contributed by atoms with van der Waals surface area (Å²) in [6, 6.07) is 1.78. The highest BCUT2D eigenvalue weighted by atomic mass is 79.9. The number of carbonyl (C=O) groups excluding carboxylic acids is 1. The van der Waals surface area contributed by atoms with Gasteiger partial charge in [0.25, 0.3) is 5.91 Å². The molecule has 0 saturated heterocycles. The second kappa shape index (κ2) is 5.91. The third kappa shape index (κ3) is 4.84. The Balaban J connectivity index is 2.49. The molecule has 1 aromatic heterocycles. The highest BCUT2D eigenvalue weighted by Gasteiger charge is 2.18. The summed E-state index contributed by atoms with van der Waals surface area (Å²) in [5.74, 6) is 1.37. The van der Waals surface area contributed by atoms with Crippen LogP contribution in [0.1, 0.15) is 49.1 Å². The molecule has 1 N–H and O–H groups in total. The number of carbonyl (C=O) groups is 1. The van der Waals surface area contributed by atoms with Gasteiger partial charge < -0.3 is 9.73 Å². The van der Waals surface area contributed by atoms with Crippen LogP contribution in [0.15, 0.2) is 10.5 Å². The van der Waals surface area contributed by atoms with Crippen LogP contribution in [0, 0.1) is 19.3 Å². The molecule has 1 heterocycles. The summed E-state index contributed by atoms with van der Waals surface area (Å²) < 4.78 is 5.35. The molecule has 18 heavy (non-hydrogen) atoms. The lowest BCUT2D eigenvalue weighted by Gasteiger charge is -2.22. The zero-order valence-corrected chi connectivity index (χ0v) is 13.3. The Morgan fingerprint density at radius 2 is 2.06 bits per heavy atom. The maximum absolute atomic E-state index is 12.0. The highest BCUT2D eigenvalue weighted by molar-refractivity contribution is 9.09. The quantitative estimate of drug-likeness (QED) is 0.858. The molecule has 1 rings (SSSR count). The number of amides is 1. The van der Waals surface area contributed by atoms with Gasteiger partial charge in [0, 0.05) is 11.4 Å². The lowest BCUT2D eigenvalue weighted by atomic mass is 9.90. The fourth-order valence-corrected chi connectivity index (χ4v) is 3.02. The van der Waals surface area contributed by atoms with Gasteiger partial charge in [-0.25, -0.2) is 0 Å². The molecule has 0 aliphatic rings. The van der Waals surface area contributed by atoms with Crippen molar-refractivity contribution in [3.63, 3.8) is 0 Å². The molecule has 1 aromatic rings. The third-order valence-electron chi connectivity index (χ3n) is 2.60. The van der Waals surface area contributed by atoms with Crippen LogP contribution < -0.4 is 5.32 Å². The summed E-state index contributed by atoms with van der Waals surface area (Å²) >= 11 is 3.60. The molecule has 0 spiro atoms. The van der Waals surface area contributed by atoms with Gasteiger partial charge in [-0.05, 0) is 31.7 Å². The van der Waals surface area contributed by atoms with E-state index in [2.05, 4.69) is 42.0 Å². The van der Waals surface area contributed by atoms with Crippen molar-refractivity contribution in [1.82, 2.24) is 5.32 Å². The summed E-state index contributed by atoms with van der Waals surface area (Å²) in [4.78, 5) is 12.2. The van der Waals surface area contributed by atoms with Crippen LogP contribution in [0.4, 0.5) is 0 Å². The average Bonchev–Trinajstić information content (AvgIpc) is 2.52. The van der Waals surface area contributed by atoms with E-state index >= 15 is 0 Å². The highest BCUT2D eigenvalue weighted by Crippen LogP contribution is 2.24. The van der Waals surface area contributed by atoms with Crippen LogP contribution in [-0.4, -0.2) is 17.3 Å². The maximum Gasteiger partial charge on any atom is 0.254 e. The van der Waals surface area contributed by atoms with Gasteiger partial charge in [0.2, 0.25) is 0 Å². The van der Waals surface area contributed by atoms with Crippen LogP contribution in [0.25, 0.3) is 0 Å². The maximum atomic E-state index is 12.0. The standard InChI is InChI=1S/C14H22BrNO2/c1-9-6-12(10(2)18-9)13(17)16-8-11(15)7-14(3,4)5/h6,11H,7-8H2,1-5H3,(H,16,17). The van der Waals surface area contributed by atoms with Crippen LogP contribution in [0.5, 0.6) is 0 Å². The van der Waals surface area contributed by atoms with Crippen LogP contribution in [0.3, 0.4) is 0 Å². The van der Waals surface area contributed by atoms with E-state index in [1.807, 2.05) is 13.8 Å². The number of furan rings is 1. The van der Waals surface area contributed by atoms with Crippen molar-refractivity contribution < 1.29 is 9.21 Å². The lowest BCUT2D eigenvalue weighted by Crippen LogP contribution is -2.31. The van der Waals surface area contributed by atoms with Gasteiger partial charge in [-0.3, -0.25) is 4.79 Å². The zero-order chi connectivity index (χ0) is 13.9. The molecule has 3 nitrogen and oxygen atoms in total. The molecule has 0 aliphatic carbocycles. The van der Waals surface area contributed by atoms with Crippen molar-refractivity contribution in [2.24, 2.45) is 5.41 Å². The Hall–Kier alpha value is -0.770. The van der Waals surface area contributed by atoms with Gasteiger partial charge in [-0.2, -0.15) is 0 Å². The summed E-state index contributed by atoms with van der Waals surface area (Å²) in [6.45, 7) is 10.8. The number of aryl methyl sites for hydroxylation is 2. The average molecular weight is 316 g/mol. The molecule has 0 radical (unpaired) electrons. The fraction of sp³-hybridized carbons (Fsp3) is 0.643. The van der Waals surface area contributed by atoms with Gasteiger partial charge >= 0.3 is 0 Å². The minimum Gasteiger partial charge on any atom is -0.466 e. The van der Waals surface area contributed by atoms with E-state index in [0.717, 1.165) is 12.2 Å². The second-order valence-electron chi connectivity index (χ2n) is 5.90. The van der Waals surface area contributed by atoms with Gasteiger partial charge in [-0.1, -0.05) is 36.7 Å². The zero-order valence-electron chi connectivity index (χ0n) is 11.8. The van der Waals surface area contributed by atoms with Crippen LogP contribution >= 0.6 is 15.9 Å². The molecule has 1 amide bonds. The monoisotopic (exact) mass is 315 g/mol. The minimum absolute atomic E-state index is 0.0669. The molecular formula is C14H22BrNO2. The molecule has 0 aliphatic heterocycles. The van der Waals surface area contributed by atoms with E-state index < -0.39 is 0 Å². The Bertz CT molecular complexity index is 418. The number of hydrogen-bond acceptors (Lipinski definition) is 2. The third-order valence-corrected chi connectivity index (χ3v) is 3.25. The van der Waals surface area contributed by atoms with Gasteiger partial charge in [-0.15, -0.1) is 0 Å². The Kier molecular flexibility index (Phi) is 5.02. The molecule has 4 heteroatoms. The first-order valence-corrected chi connectivity index (χ1v) is 7.10. The van der Waals surface area contributed by atoms with Gasteiger partial charge in [0.05, 0.1) is 5.56 Å². The fourth-order valence-electron chi connectivity index (χ4n) is 1.89. The Morgan fingerprint density at radius 1 is 1.44 bits per heavy atom. The first kappa shape index (κ1) is 15.3. The van der Waals surface area contributed by atoms with E-state index in [0.29, 0.717) is 17.9 Å². The predicted octanol–water partition coefficient (Wildman–Crippen LogP) is 3.83. The molecule has 1 unspecified atom stereocenters. The SMILES string of the molecule is Cc1cc(C(=O)NCC(Br)CC(C)(C)C)c(C)o1. The number of alkyl halides is 1. The van der Waals surface area contributed by atoms with Crippen LogP contribution in [-0.2, 0) is 0 Å². The van der Waals surface area contributed by atoms with Crippen LogP contribution in [0.2, 0.25) is 0 Å². The largest absolute Gasteiger partial charge is 0.466 e. The number of hydrogen-bond donors (Lipinski definition) is 1. The first-order chi connectivity index (χ1) is 8.19. The Morgan fingerprint density at radius 3 is 2.50 bits per heavy atom. The molecule has 0 fully saturated rings. The molecule has 1 atom stereocenters. The van der Waals surface area contributed by atoms with Gasteiger partial charge in [0.1, 0.15) is 11.5 Å². The van der Waals surface area contributed by atoms with Gasteiger partial charge in [0.15, 0.2) is 0 Å². The number of rotatable bonds is 4. The Labute approximate surface area is 117 Å². The minimum atomic E-state index is -0.0669. The topological polar surface area (TPSA) is 42.2 Å².